The van der Waals surface area contributed by atoms with E-state index in [1.165, 1.54) is 7.11 Å². The monoisotopic (exact) mass is 210 g/mol. The van der Waals surface area contributed by atoms with Crippen LogP contribution in [0.1, 0.15) is 11.1 Å². The third kappa shape index (κ3) is 3.59. The molecule has 82 valence electrons. The number of rotatable bonds is 5. The molecular formula is C11H14O4. The van der Waals surface area contributed by atoms with Crippen molar-refractivity contribution >= 4 is 5.97 Å². The molecule has 0 saturated heterocycles. The topological polar surface area (TPSA) is 55.8 Å². The van der Waals surface area contributed by atoms with E-state index in [1.807, 2.05) is 13.0 Å². The second-order valence-corrected chi connectivity index (χ2v) is 3.23. The van der Waals surface area contributed by atoms with Crippen LogP contribution in [0.2, 0.25) is 0 Å². The number of carbonyl (C=O) groups is 1. The molecule has 0 saturated carbocycles. The molecule has 1 rings (SSSR count). The zero-order chi connectivity index (χ0) is 11.3. The van der Waals surface area contributed by atoms with E-state index in [-0.39, 0.29) is 13.2 Å². The van der Waals surface area contributed by atoms with Crippen molar-refractivity contribution in [2.45, 2.75) is 13.3 Å². The van der Waals surface area contributed by atoms with Crippen molar-refractivity contribution in [1.82, 2.24) is 0 Å². The van der Waals surface area contributed by atoms with E-state index in [0.717, 1.165) is 5.56 Å². The number of hydrogen-bond acceptors (Lipinski definition) is 3. The predicted molar refractivity (Wildman–Crippen MR) is 55.0 cm³/mol. The fraction of sp³-hybridized carbons (Fsp3) is 0.364. The van der Waals surface area contributed by atoms with Crippen molar-refractivity contribution in [2.75, 3.05) is 13.9 Å². The SMILES string of the molecule is COCOc1cc(C)ccc1CC(=O)O. The smallest absolute Gasteiger partial charge is 0.307 e. The van der Waals surface area contributed by atoms with Crippen molar-refractivity contribution in [2.24, 2.45) is 0 Å². The Labute approximate surface area is 88.4 Å². The number of ether oxygens (including phenoxy) is 2. The van der Waals surface area contributed by atoms with E-state index in [4.69, 9.17) is 14.6 Å². The number of carboxylic acids is 1. The maximum atomic E-state index is 10.6. The zero-order valence-electron chi connectivity index (χ0n) is 8.82. The summed E-state index contributed by atoms with van der Waals surface area (Å²) in [5.74, 6) is -0.305. The Bertz CT molecular complexity index is 346. The van der Waals surface area contributed by atoms with Crippen molar-refractivity contribution < 1.29 is 19.4 Å². The van der Waals surface area contributed by atoms with Crippen LogP contribution in [0.5, 0.6) is 5.75 Å². The number of benzene rings is 1. The van der Waals surface area contributed by atoms with Gasteiger partial charge in [-0.2, -0.15) is 0 Å². The van der Waals surface area contributed by atoms with E-state index in [2.05, 4.69) is 0 Å². The molecule has 0 aliphatic rings. The first-order valence-electron chi connectivity index (χ1n) is 4.56. The highest BCUT2D eigenvalue weighted by atomic mass is 16.7. The van der Waals surface area contributed by atoms with E-state index in [0.29, 0.717) is 11.3 Å². The van der Waals surface area contributed by atoms with Crippen LogP contribution in [-0.4, -0.2) is 25.0 Å². The van der Waals surface area contributed by atoms with Crippen molar-refractivity contribution in [3.05, 3.63) is 29.3 Å². The summed E-state index contributed by atoms with van der Waals surface area (Å²) in [5.41, 5.74) is 1.68. The van der Waals surface area contributed by atoms with Gasteiger partial charge in [0.25, 0.3) is 0 Å². The van der Waals surface area contributed by atoms with Crippen LogP contribution in [0, 0.1) is 6.92 Å². The maximum Gasteiger partial charge on any atom is 0.307 e. The Morgan fingerprint density at radius 2 is 2.20 bits per heavy atom. The van der Waals surface area contributed by atoms with Gasteiger partial charge in [0.15, 0.2) is 6.79 Å². The molecule has 0 aliphatic carbocycles. The van der Waals surface area contributed by atoms with Crippen LogP contribution in [0.4, 0.5) is 0 Å². The first-order valence-corrected chi connectivity index (χ1v) is 4.56. The lowest BCUT2D eigenvalue weighted by molar-refractivity contribution is -0.136. The molecule has 4 heteroatoms. The lowest BCUT2D eigenvalue weighted by Gasteiger charge is -2.10. The fourth-order valence-electron chi connectivity index (χ4n) is 1.23. The highest BCUT2D eigenvalue weighted by Crippen LogP contribution is 2.20. The van der Waals surface area contributed by atoms with Gasteiger partial charge < -0.3 is 14.6 Å². The Hall–Kier alpha value is -1.55. The molecule has 1 N–H and O–H groups in total. The normalized spacial score (nSPS) is 10.0. The van der Waals surface area contributed by atoms with E-state index in [9.17, 15) is 4.79 Å². The van der Waals surface area contributed by atoms with Gasteiger partial charge in [-0.1, -0.05) is 12.1 Å². The number of carboxylic acid groups (broad SMARTS) is 1. The lowest BCUT2D eigenvalue weighted by atomic mass is 10.1. The Kier molecular flexibility index (Phi) is 4.12. The van der Waals surface area contributed by atoms with Gasteiger partial charge in [0.05, 0.1) is 6.42 Å². The molecule has 0 heterocycles. The minimum atomic E-state index is -0.874. The summed E-state index contributed by atoms with van der Waals surface area (Å²) in [6, 6.07) is 5.42. The van der Waals surface area contributed by atoms with Crippen molar-refractivity contribution in [1.29, 1.82) is 0 Å². The molecule has 0 spiro atoms. The van der Waals surface area contributed by atoms with Gasteiger partial charge in [0.1, 0.15) is 5.75 Å². The molecule has 0 bridgehead atoms. The molecule has 0 unspecified atom stereocenters. The summed E-state index contributed by atoms with van der Waals surface area (Å²) < 4.78 is 10.1. The number of aliphatic carboxylic acids is 1. The van der Waals surface area contributed by atoms with Gasteiger partial charge in [-0.3, -0.25) is 4.79 Å². The second kappa shape index (κ2) is 5.36. The van der Waals surface area contributed by atoms with Gasteiger partial charge in [0.2, 0.25) is 0 Å². The van der Waals surface area contributed by atoms with E-state index < -0.39 is 5.97 Å². The zero-order valence-corrected chi connectivity index (χ0v) is 8.82. The van der Waals surface area contributed by atoms with E-state index >= 15 is 0 Å². The summed E-state index contributed by atoms with van der Waals surface area (Å²) in [6.07, 6.45) is -0.0423. The minimum Gasteiger partial charge on any atom is -0.481 e. The molecule has 0 aliphatic heterocycles. The summed E-state index contributed by atoms with van der Waals surface area (Å²) in [5, 5.41) is 8.70. The molecule has 0 aromatic heterocycles. The lowest BCUT2D eigenvalue weighted by Crippen LogP contribution is -2.06. The molecule has 0 fully saturated rings. The highest BCUT2D eigenvalue weighted by Gasteiger charge is 2.07. The van der Waals surface area contributed by atoms with Crippen LogP contribution < -0.4 is 4.74 Å². The van der Waals surface area contributed by atoms with Gasteiger partial charge in [0, 0.05) is 12.7 Å². The standard InChI is InChI=1S/C11H14O4/c1-8-3-4-9(6-11(12)13)10(5-8)15-7-14-2/h3-5H,6-7H2,1-2H3,(H,12,13). The van der Waals surface area contributed by atoms with E-state index in [1.54, 1.807) is 12.1 Å². The van der Waals surface area contributed by atoms with Crippen LogP contribution in [0.25, 0.3) is 0 Å². The summed E-state index contributed by atoms with van der Waals surface area (Å²) >= 11 is 0. The first kappa shape index (κ1) is 11.5. The molecule has 15 heavy (non-hydrogen) atoms. The van der Waals surface area contributed by atoms with Gasteiger partial charge in [-0.15, -0.1) is 0 Å². The Balaban J connectivity index is 2.87. The molecule has 0 amide bonds. The average molecular weight is 210 g/mol. The van der Waals surface area contributed by atoms with Gasteiger partial charge >= 0.3 is 5.97 Å². The average Bonchev–Trinajstić information content (AvgIpc) is 2.18. The van der Waals surface area contributed by atoms with Crippen LogP contribution in [0.15, 0.2) is 18.2 Å². The van der Waals surface area contributed by atoms with Gasteiger partial charge in [-0.25, -0.2) is 0 Å². The van der Waals surface area contributed by atoms with Crippen LogP contribution in [-0.2, 0) is 16.0 Å². The molecule has 0 atom stereocenters. The molecule has 1 aromatic carbocycles. The minimum absolute atomic E-state index is 0.0423. The second-order valence-electron chi connectivity index (χ2n) is 3.23. The highest BCUT2D eigenvalue weighted by molar-refractivity contribution is 5.71. The van der Waals surface area contributed by atoms with Crippen molar-refractivity contribution in [3.8, 4) is 5.75 Å². The number of methoxy groups -OCH3 is 1. The molecule has 0 radical (unpaired) electrons. The Morgan fingerprint density at radius 3 is 2.80 bits per heavy atom. The number of hydrogen-bond donors (Lipinski definition) is 1. The number of aryl methyl sites for hydroxylation is 1. The largest absolute Gasteiger partial charge is 0.481 e. The summed E-state index contributed by atoms with van der Waals surface area (Å²) in [4.78, 5) is 10.6. The van der Waals surface area contributed by atoms with Crippen LogP contribution >= 0.6 is 0 Å². The van der Waals surface area contributed by atoms with Crippen molar-refractivity contribution in [3.63, 3.8) is 0 Å². The third-order valence-electron chi connectivity index (χ3n) is 1.90. The summed E-state index contributed by atoms with van der Waals surface area (Å²) in [6.45, 7) is 2.04. The quantitative estimate of drug-likeness (QED) is 0.750. The molecular weight excluding hydrogens is 196 g/mol. The molecule has 4 nitrogen and oxygen atoms in total. The van der Waals surface area contributed by atoms with Gasteiger partial charge in [-0.05, 0) is 18.6 Å². The molecule has 1 aromatic rings. The third-order valence-corrected chi connectivity index (χ3v) is 1.90. The summed E-state index contributed by atoms with van der Waals surface area (Å²) in [7, 11) is 1.52. The Morgan fingerprint density at radius 1 is 1.47 bits per heavy atom. The fourth-order valence-corrected chi connectivity index (χ4v) is 1.23. The predicted octanol–water partition coefficient (Wildman–Crippen LogP) is 1.60. The maximum absolute atomic E-state index is 10.6. The van der Waals surface area contributed by atoms with Crippen LogP contribution in [0.3, 0.4) is 0 Å². The first-order chi connectivity index (χ1) is 7.13.